The molecule has 5 heteroatoms. The molecule has 1 aromatic heterocycles. The zero-order valence-electron chi connectivity index (χ0n) is 14.6. The summed E-state index contributed by atoms with van der Waals surface area (Å²) in [6.45, 7) is 8.03. The first-order valence-electron chi connectivity index (χ1n) is 8.48. The lowest BCUT2D eigenvalue weighted by Crippen LogP contribution is -2.44. The van der Waals surface area contributed by atoms with Crippen LogP contribution in [-0.4, -0.2) is 28.1 Å². The molecule has 1 unspecified atom stereocenters. The summed E-state index contributed by atoms with van der Waals surface area (Å²) in [6, 6.07) is 12.1. The van der Waals surface area contributed by atoms with Crippen LogP contribution in [0, 0.1) is 0 Å². The van der Waals surface area contributed by atoms with Gasteiger partial charge in [0.2, 0.25) is 0 Å². The Morgan fingerprint density at radius 1 is 1.25 bits per heavy atom. The standard InChI is InChI=1S/C19H26ClN3O/c1-4-15(3)23(19(24)21-5-2)14-17-10-8-12-22(17)13-16-9-6-7-11-18(16)20/h6-12,15H,4-5,13-14H2,1-3H3,(H,21,24). The number of nitrogens with zero attached hydrogens (tertiary/aromatic N) is 2. The van der Waals surface area contributed by atoms with Crippen molar-refractivity contribution in [2.24, 2.45) is 0 Å². The minimum atomic E-state index is -0.0163. The van der Waals surface area contributed by atoms with Gasteiger partial charge >= 0.3 is 6.03 Å². The fourth-order valence-corrected chi connectivity index (χ4v) is 2.83. The van der Waals surface area contributed by atoms with E-state index in [2.05, 4.69) is 29.8 Å². The molecule has 1 heterocycles. The van der Waals surface area contributed by atoms with E-state index in [9.17, 15) is 4.79 Å². The molecule has 0 aliphatic carbocycles. The molecule has 0 radical (unpaired) electrons. The van der Waals surface area contributed by atoms with Crippen molar-refractivity contribution in [1.82, 2.24) is 14.8 Å². The Morgan fingerprint density at radius 2 is 2.00 bits per heavy atom. The van der Waals surface area contributed by atoms with Gasteiger partial charge in [-0.1, -0.05) is 36.7 Å². The molecule has 0 saturated carbocycles. The smallest absolute Gasteiger partial charge is 0.317 e. The third kappa shape index (κ3) is 4.54. The number of rotatable bonds is 7. The van der Waals surface area contributed by atoms with Crippen LogP contribution in [0.25, 0.3) is 0 Å². The number of urea groups is 1. The second-order valence-electron chi connectivity index (χ2n) is 5.94. The van der Waals surface area contributed by atoms with E-state index >= 15 is 0 Å². The third-order valence-corrected chi connectivity index (χ3v) is 4.63. The molecule has 24 heavy (non-hydrogen) atoms. The molecular formula is C19H26ClN3O. The van der Waals surface area contributed by atoms with Crippen LogP contribution >= 0.6 is 11.6 Å². The highest BCUT2D eigenvalue weighted by Crippen LogP contribution is 2.19. The summed E-state index contributed by atoms with van der Waals surface area (Å²) in [5.74, 6) is 0. The lowest BCUT2D eigenvalue weighted by molar-refractivity contribution is 0.172. The molecule has 0 bridgehead atoms. The molecule has 0 saturated heterocycles. The number of benzene rings is 1. The van der Waals surface area contributed by atoms with Crippen molar-refractivity contribution >= 4 is 17.6 Å². The largest absolute Gasteiger partial charge is 0.345 e. The third-order valence-electron chi connectivity index (χ3n) is 4.27. The highest BCUT2D eigenvalue weighted by molar-refractivity contribution is 6.31. The van der Waals surface area contributed by atoms with E-state index in [0.717, 1.165) is 22.7 Å². The van der Waals surface area contributed by atoms with Crippen molar-refractivity contribution in [3.05, 3.63) is 58.9 Å². The van der Waals surface area contributed by atoms with Crippen molar-refractivity contribution in [2.45, 2.75) is 46.3 Å². The lowest BCUT2D eigenvalue weighted by Gasteiger charge is -2.29. The molecule has 1 aromatic carbocycles. The predicted molar refractivity (Wildman–Crippen MR) is 99.4 cm³/mol. The van der Waals surface area contributed by atoms with Crippen LogP contribution < -0.4 is 5.32 Å². The van der Waals surface area contributed by atoms with Crippen LogP contribution in [0.3, 0.4) is 0 Å². The first kappa shape index (κ1) is 18.4. The Hall–Kier alpha value is -1.94. The van der Waals surface area contributed by atoms with Crippen molar-refractivity contribution in [2.75, 3.05) is 6.54 Å². The Balaban J connectivity index is 2.18. The SMILES string of the molecule is CCNC(=O)N(Cc1cccn1Cc1ccccc1Cl)C(C)CC. The van der Waals surface area contributed by atoms with Crippen molar-refractivity contribution < 1.29 is 4.79 Å². The molecule has 130 valence electrons. The fraction of sp³-hybridized carbons (Fsp3) is 0.421. The van der Waals surface area contributed by atoms with Crippen LogP contribution in [0.2, 0.25) is 5.02 Å². The van der Waals surface area contributed by atoms with E-state index in [4.69, 9.17) is 11.6 Å². The first-order valence-corrected chi connectivity index (χ1v) is 8.86. The number of hydrogen-bond donors (Lipinski definition) is 1. The molecule has 2 amide bonds. The molecule has 0 aliphatic heterocycles. The molecule has 0 spiro atoms. The molecule has 1 atom stereocenters. The molecule has 2 rings (SSSR count). The molecule has 0 fully saturated rings. The zero-order chi connectivity index (χ0) is 17.5. The van der Waals surface area contributed by atoms with Crippen LogP contribution in [0.5, 0.6) is 0 Å². The van der Waals surface area contributed by atoms with Gasteiger partial charge in [0.25, 0.3) is 0 Å². The number of nitrogens with one attached hydrogen (secondary N) is 1. The van der Waals surface area contributed by atoms with E-state index in [1.54, 1.807) is 0 Å². The second kappa shape index (κ2) is 8.78. The Kier molecular flexibility index (Phi) is 6.73. The number of amides is 2. The van der Waals surface area contributed by atoms with Crippen LogP contribution in [-0.2, 0) is 13.1 Å². The van der Waals surface area contributed by atoms with E-state index in [-0.39, 0.29) is 12.1 Å². The van der Waals surface area contributed by atoms with Gasteiger partial charge in [-0.25, -0.2) is 4.79 Å². The molecule has 0 aliphatic rings. The highest BCUT2D eigenvalue weighted by Gasteiger charge is 2.20. The molecule has 4 nitrogen and oxygen atoms in total. The van der Waals surface area contributed by atoms with Crippen molar-refractivity contribution in [3.8, 4) is 0 Å². The maximum Gasteiger partial charge on any atom is 0.317 e. The predicted octanol–water partition coefficient (Wildman–Crippen LogP) is 4.52. The van der Waals surface area contributed by atoms with E-state index < -0.39 is 0 Å². The second-order valence-corrected chi connectivity index (χ2v) is 6.35. The van der Waals surface area contributed by atoms with Gasteiger partial charge < -0.3 is 14.8 Å². The van der Waals surface area contributed by atoms with Crippen LogP contribution in [0.15, 0.2) is 42.6 Å². The van der Waals surface area contributed by atoms with Crippen LogP contribution in [0.1, 0.15) is 38.4 Å². The number of carbonyl (C=O) groups excluding carboxylic acids is 1. The van der Waals surface area contributed by atoms with Gasteiger partial charge in [0.05, 0.1) is 6.54 Å². The average molecular weight is 348 g/mol. The summed E-state index contributed by atoms with van der Waals surface area (Å²) in [5, 5.41) is 3.67. The zero-order valence-corrected chi connectivity index (χ0v) is 15.4. The molecule has 1 N–H and O–H groups in total. The number of aromatic nitrogens is 1. The lowest BCUT2D eigenvalue weighted by atomic mass is 10.2. The minimum Gasteiger partial charge on any atom is -0.345 e. The number of carbonyl (C=O) groups is 1. The van der Waals surface area contributed by atoms with Crippen molar-refractivity contribution in [3.63, 3.8) is 0 Å². The van der Waals surface area contributed by atoms with Gasteiger partial charge in [-0.15, -0.1) is 0 Å². The maximum absolute atomic E-state index is 12.4. The number of hydrogen-bond acceptors (Lipinski definition) is 1. The Bertz CT molecular complexity index is 668. The average Bonchev–Trinajstić information content (AvgIpc) is 3.01. The monoisotopic (exact) mass is 347 g/mol. The fourth-order valence-electron chi connectivity index (χ4n) is 2.63. The highest BCUT2D eigenvalue weighted by atomic mass is 35.5. The minimum absolute atomic E-state index is 0.0163. The summed E-state index contributed by atoms with van der Waals surface area (Å²) >= 11 is 6.28. The van der Waals surface area contributed by atoms with Gasteiger partial charge in [-0.2, -0.15) is 0 Å². The summed E-state index contributed by atoms with van der Waals surface area (Å²) in [4.78, 5) is 14.3. The van der Waals surface area contributed by atoms with Gasteiger partial charge in [0.1, 0.15) is 0 Å². The maximum atomic E-state index is 12.4. The molecular weight excluding hydrogens is 322 g/mol. The summed E-state index contributed by atoms with van der Waals surface area (Å²) in [7, 11) is 0. The van der Waals surface area contributed by atoms with E-state index in [0.29, 0.717) is 19.6 Å². The summed E-state index contributed by atoms with van der Waals surface area (Å²) < 4.78 is 2.15. The van der Waals surface area contributed by atoms with E-state index in [1.807, 2.05) is 48.4 Å². The first-order chi connectivity index (χ1) is 11.6. The van der Waals surface area contributed by atoms with Crippen LogP contribution in [0.4, 0.5) is 4.79 Å². The topological polar surface area (TPSA) is 37.3 Å². The Labute approximate surface area is 149 Å². The van der Waals surface area contributed by atoms with Gasteiger partial charge in [0.15, 0.2) is 0 Å². The quantitative estimate of drug-likeness (QED) is 0.785. The van der Waals surface area contributed by atoms with Gasteiger partial charge in [-0.05, 0) is 44.0 Å². The van der Waals surface area contributed by atoms with Gasteiger partial charge in [-0.3, -0.25) is 0 Å². The van der Waals surface area contributed by atoms with E-state index in [1.165, 1.54) is 0 Å². The number of halogens is 1. The van der Waals surface area contributed by atoms with Gasteiger partial charge in [0, 0.05) is 36.0 Å². The Morgan fingerprint density at radius 3 is 2.67 bits per heavy atom. The summed E-state index contributed by atoms with van der Waals surface area (Å²) in [6.07, 6.45) is 2.95. The van der Waals surface area contributed by atoms with Crippen molar-refractivity contribution in [1.29, 1.82) is 0 Å². The molecule has 2 aromatic rings. The summed E-state index contributed by atoms with van der Waals surface area (Å²) in [5.41, 5.74) is 2.17. The normalized spacial score (nSPS) is 12.0.